The number of rotatable bonds is 10. The molecule has 0 amide bonds. The van der Waals surface area contributed by atoms with Crippen molar-refractivity contribution in [2.45, 2.75) is 42.4 Å². The molecule has 1 aromatic carbocycles. The van der Waals surface area contributed by atoms with Gasteiger partial charge in [-0.05, 0) is 120 Å². The molecule has 6 aromatic heterocycles. The van der Waals surface area contributed by atoms with Crippen LogP contribution in [0.1, 0.15) is 48.6 Å². The lowest BCUT2D eigenvalue weighted by molar-refractivity contribution is 0.0703. The van der Waals surface area contributed by atoms with Gasteiger partial charge in [-0.25, -0.2) is 22.4 Å². The lowest BCUT2D eigenvalue weighted by Gasteiger charge is -2.34. The molecule has 7 aromatic rings. The van der Waals surface area contributed by atoms with Crippen molar-refractivity contribution in [2.24, 2.45) is 61.4 Å². The number of aliphatic hydroxyl groups excluding tert-OH is 4. The predicted octanol–water partition coefficient (Wildman–Crippen LogP) is 5.32. The van der Waals surface area contributed by atoms with Crippen molar-refractivity contribution in [3.05, 3.63) is 103 Å². The summed E-state index contributed by atoms with van der Waals surface area (Å²) in [6.45, 7) is 0.552. The minimum absolute atomic E-state index is 0.0746. The van der Waals surface area contributed by atoms with E-state index in [2.05, 4.69) is 37.3 Å². The second-order valence-electron chi connectivity index (χ2n) is 17.9. The molecule has 4 bridgehead atoms. The second-order valence-corrected chi connectivity index (χ2v) is 19.7. The third kappa shape index (κ3) is 6.63. The summed E-state index contributed by atoms with van der Waals surface area (Å²) in [5.41, 5.74) is 7.37. The normalized spacial score (nSPS) is 28.0. The van der Waals surface area contributed by atoms with Crippen LogP contribution >= 0.6 is 0 Å². The average Bonchev–Trinajstić information content (AvgIpc) is 4.15. The maximum absolute atomic E-state index is 13.5. The molecule has 5 N–H and O–H groups in total. The molecule has 0 spiro atoms. The Morgan fingerprint density at radius 3 is 1.74 bits per heavy atom. The van der Waals surface area contributed by atoms with E-state index in [9.17, 15) is 28.8 Å². The Balaban J connectivity index is 0.000000152. The fourth-order valence-electron chi connectivity index (χ4n) is 12.1. The van der Waals surface area contributed by atoms with E-state index in [0.29, 0.717) is 35.2 Å². The molecule has 6 heterocycles. The van der Waals surface area contributed by atoms with Gasteiger partial charge in [0.2, 0.25) is 0 Å². The molecule has 61 heavy (non-hydrogen) atoms. The van der Waals surface area contributed by atoms with Gasteiger partial charge in [0, 0.05) is 111 Å². The highest BCUT2D eigenvalue weighted by atomic mass is 32.2. The summed E-state index contributed by atoms with van der Waals surface area (Å²) in [4.78, 5) is 12.8. The molecule has 10 atom stereocenters. The SMILES string of the molecule is Cn1cc(-c2c[nH]c3ncc(C4CC5CC4C(CO)C5CO)cc23)cn1.Cn1cc(-c2cn(S(=O)(=O)c3ccccc3)c3ncc(C4CC5CC4C(CO)C5CO)cc23)cn1. The van der Waals surface area contributed by atoms with Gasteiger partial charge in [-0.3, -0.25) is 9.36 Å². The third-order valence-electron chi connectivity index (χ3n) is 14.9. The molecule has 10 unspecified atom stereocenters. The first-order valence-electron chi connectivity index (χ1n) is 21.3. The fraction of sp³-hybridized carbons (Fsp3) is 0.435. The number of pyridine rings is 2. The van der Waals surface area contributed by atoms with Crippen molar-refractivity contribution in [3.63, 3.8) is 0 Å². The third-order valence-corrected chi connectivity index (χ3v) is 16.6. The molecule has 0 radical (unpaired) electrons. The van der Waals surface area contributed by atoms with Gasteiger partial charge >= 0.3 is 0 Å². The van der Waals surface area contributed by atoms with Crippen LogP contribution in [0.3, 0.4) is 0 Å². The number of H-pyrrole nitrogens is 1. The number of nitrogens with zero attached hydrogens (tertiary/aromatic N) is 7. The Bertz CT molecular complexity index is 2810. The van der Waals surface area contributed by atoms with Gasteiger partial charge < -0.3 is 25.4 Å². The van der Waals surface area contributed by atoms with Crippen molar-refractivity contribution < 1.29 is 28.8 Å². The zero-order valence-corrected chi connectivity index (χ0v) is 35.1. The number of benzene rings is 1. The first kappa shape index (κ1) is 39.9. The molecule has 4 saturated carbocycles. The number of aromatic amines is 1. The Kier molecular flexibility index (Phi) is 10.2. The first-order chi connectivity index (χ1) is 29.6. The Morgan fingerprint density at radius 1 is 0.656 bits per heavy atom. The van der Waals surface area contributed by atoms with Crippen LogP contribution in [0.25, 0.3) is 44.3 Å². The van der Waals surface area contributed by atoms with Crippen molar-refractivity contribution in [1.29, 1.82) is 0 Å². The van der Waals surface area contributed by atoms with Crippen LogP contribution in [0.4, 0.5) is 0 Å². The number of aryl methyl sites for hydroxylation is 2. The zero-order chi connectivity index (χ0) is 42.2. The lowest BCUT2D eigenvalue weighted by atomic mass is 9.72. The maximum Gasteiger partial charge on any atom is 0.269 e. The van der Waals surface area contributed by atoms with Crippen LogP contribution in [-0.2, 0) is 24.1 Å². The highest BCUT2D eigenvalue weighted by Gasteiger charge is 2.53. The summed E-state index contributed by atoms with van der Waals surface area (Å²) in [5.74, 6) is 3.01. The topological polar surface area (TPSA) is 197 Å². The standard InChI is InChI=1S/C26H28N4O4S.C20H24N4O2/c1-29-12-18(11-28-29)23-13-30(35(33,34)19-5-3-2-4-6-19)26-22(23)9-17(10-27-26)20-7-16-8-21(20)25(15-32)24(16)14-31;1-24-8-13(6-23-24)17-7-22-20-16(17)4-12(5-21-20)14-2-11-3-15(14)19(10-26)18(11)9-25/h2-6,9-13,16,20-21,24-25,31-32H,7-8,14-15H2,1H3;4-8,11,14-15,18-19,25-26H,2-3,9-10H2,1H3,(H,21,22). The summed E-state index contributed by atoms with van der Waals surface area (Å²) in [5, 5.41) is 49.8. The molecule has 15 heteroatoms. The molecule has 0 aliphatic heterocycles. The van der Waals surface area contributed by atoms with E-state index in [1.54, 1.807) is 53.6 Å². The van der Waals surface area contributed by atoms with E-state index in [4.69, 9.17) is 0 Å². The second kappa shape index (κ2) is 15.6. The van der Waals surface area contributed by atoms with Gasteiger partial charge in [-0.2, -0.15) is 10.2 Å². The van der Waals surface area contributed by atoms with Gasteiger partial charge in [0.15, 0.2) is 5.65 Å². The molecule has 4 fully saturated rings. The van der Waals surface area contributed by atoms with Crippen molar-refractivity contribution >= 4 is 32.1 Å². The minimum atomic E-state index is -3.84. The largest absolute Gasteiger partial charge is 0.396 e. The van der Waals surface area contributed by atoms with Crippen molar-refractivity contribution in [1.82, 2.24) is 38.5 Å². The molecule has 4 aliphatic carbocycles. The molecular weight excluding hydrogens is 793 g/mol. The van der Waals surface area contributed by atoms with Gasteiger partial charge in [0.25, 0.3) is 10.0 Å². The van der Waals surface area contributed by atoms with Crippen LogP contribution in [0, 0.1) is 47.3 Å². The molecule has 14 nitrogen and oxygen atoms in total. The summed E-state index contributed by atoms with van der Waals surface area (Å²) in [6.07, 6.45) is 19.0. The number of hydrogen-bond donors (Lipinski definition) is 5. The Labute approximate surface area is 354 Å². The van der Waals surface area contributed by atoms with E-state index in [1.165, 1.54) is 9.54 Å². The lowest BCUT2D eigenvalue weighted by Crippen LogP contribution is -2.31. The van der Waals surface area contributed by atoms with Gasteiger partial charge in [-0.1, -0.05) is 18.2 Å². The van der Waals surface area contributed by atoms with Gasteiger partial charge in [0.1, 0.15) is 5.65 Å². The molecule has 0 saturated heterocycles. The first-order valence-corrected chi connectivity index (χ1v) is 22.8. The van der Waals surface area contributed by atoms with Crippen LogP contribution in [0.15, 0.2) is 96.9 Å². The zero-order valence-electron chi connectivity index (χ0n) is 34.2. The highest BCUT2D eigenvalue weighted by molar-refractivity contribution is 7.90. The predicted molar refractivity (Wildman–Crippen MR) is 229 cm³/mol. The number of nitrogens with one attached hydrogen (secondary N) is 1. The highest BCUT2D eigenvalue weighted by Crippen LogP contribution is 2.60. The Morgan fingerprint density at radius 2 is 1.20 bits per heavy atom. The average molecular weight is 845 g/mol. The van der Waals surface area contributed by atoms with Crippen LogP contribution in [-0.4, -0.2) is 93.8 Å². The molecule has 4 aliphatic rings. The summed E-state index contributed by atoms with van der Waals surface area (Å²) < 4.78 is 31.9. The number of fused-ring (bicyclic) bond motifs is 6. The molecule has 318 valence electrons. The van der Waals surface area contributed by atoms with Gasteiger partial charge in [0.05, 0.1) is 17.3 Å². The number of hydrogen-bond acceptors (Lipinski definition) is 10. The van der Waals surface area contributed by atoms with Crippen molar-refractivity contribution in [2.75, 3.05) is 26.4 Å². The van der Waals surface area contributed by atoms with E-state index in [-0.39, 0.29) is 60.9 Å². The monoisotopic (exact) mass is 844 g/mol. The smallest absolute Gasteiger partial charge is 0.269 e. The maximum atomic E-state index is 13.5. The van der Waals surface area contributed by atoms with E-state index in [1.807, 2.05) is 49.8 Å². The fourth-order valence-corrected chi connectivity index (χ4v) is 13.4. The molecule has 11 rings (SSSR count). The Hall–Kier alpha value is -5.19. The van der Waals surface area contributed by atoms with E-state index >= 15 is 0 Å². The molecular formula is C46H52N8O6S. The quantitative estimate of drug-likeness (QED) is 0.120. The van der Waals surface area contributed by atoms with Gasteiger partial charge in [-0.15, -0.1) is 0 Å². The van der Waals surface area contributed by atoms with E-state index < -0.39 is 10.0 Å². The summed E-state index contributed by atoms with van der Waals surface area (Å²) in [6, 6.07) is 12.7. The number of aromatic nitrogens is 8. The van der Waals surface area contributed by atoms with Crippen LogP contribution in [0.2, 0.25) is 0 Å². The summed E-state index contributed by atoms with van der Waals surface area (Å²) >= 11 is 0. The van der Waals surface area contributed by atoms with Crippen LogP contribution in [0.5, 0.6) is 0 Å². The number of aliphatic hydroxyl groups is 4. The minimum Gasteiger partial charge on any atom is -0.396 e. The van der Waals surface area contributed by atoms with E-state index in [0.717, 1.165) is 69.9 Å². The van der Waals surface area contributed by atoms with Crippen LogP contribution < -0.4 is 0 Å². The van der Waals surface area contributed by atoms with Crippen molar-refractivity contribution in [3.8, 4) is 22.3 Å². The summed E-state index contributed by atoms with van der Waals surface area (Å²) in [7, 11) is -0.0946.